The van der Waals surface area contributed by atoms with Crippen LogP contribution < -0.4 is 5.32 Å². The molecule has 1 amide bonds. The second-order valence-electron chi connectivity index (χ2n) is 6.91. The highest BCUT2D eigenvalue weighted by molar-refractivity contribution is 5.95. The van der Waals surface area contributed by atoms with Gasteiger partial charge in [-0.15, -0.1) is 10.2 Å². The number of nitrogens with zero attached hydrogens (tertiary/aromatic N) is 4. The summed E-state index contributed by atoms with van der Waals surface area (Å²) in [6.07, 6.45) is 6.74. The predicted molar refractivity (Wildman–Crippen MR) is 99.3 cm³/mol. The van der Waals surface area contributed by atoms with Gasteiger partial charge in [0.05, 0.1) is 6.10 Å². The Bertz CT molecular complexity index is 892. The minimum atomic E-state index is -0.268. The van der Waals surface area contributed by atoms with E-state index >= 15 is 0 Å². The maximum absolute atomic E-state index is 12.9. The number of hydrogen-bond donors (Lipinski definition) is 2. The van der Waals surface area contributed by atoms with Gasteiger partial charge in [0, 0.05) is 35.6 Å². The maximum atomic E-state index is 12.9. The van der Waals surface area contributed by atoms with Crippen molar-refractivity contribution in [1.29, 1.82) is 0 Å². The summed E-state index contributed by atoms with van der Waals surface area (Å²) in [6.45, 7) is 0. The standard InChI is InChI=1S/C20H21N5O2/c26-18-9-15(10-18)19(11-16-5-1-2-7-21-16)24-20(27)14-4-3-6-17(8-14)25-12-22-23-13-25/h1-8,12-13,15,18-19,26H,9-11H2,(H,24,27). The number of aromatic nitrogens is 4. The van der Waals surface area contributed by atoms with Gasteiger partial charge < -0.3 is 10.4 Å². The van der Waals surface area contributed by atoms with Crippen LogP contribution >= 0.6 is 0 Å². The monoisotopic (exact) mass is 363 g/mol. The first-order chi connectivity index (χ1) is 13.2. The zero-order chi connectivity index (χ0) is 18.6. The Hall–Kier alpha value is -3.06. The fourth-order valence-electron chi connectivity index (χ4n) is 3.43. The van der Waals surface area contributed by atoms with Crippen LogP contribution in [0.2, 0.25) is 0 Å². The van der Waals surface area contributed by atoms with Crippen LogP contribution in [0.5, 0.6) is 0 Å². The Labute approximate surface area is 157 Å². The van der Waals surface area contributed by atoms with Crippen LogP contribution in [0.1, 0.15) is 28.9 Å². The maximum Gasteiger partial charge on any atom is 0.251 e. The molecule has 7 heteroatoms. The largest absolute Gasteiger partial charge is 0.393 e. The molecule has 1 unspecified atom stereocenters. The van der Waals surface area contributed by atoms with E-state index in [2.05, 4.69) is 20.5 Å². The number of amides is 1. The van der Waals surface area contributed by atoms with E-state index in [4.69, 9.17) is 0 Å². The minimum Gasteiger partial charge on any atom is -0.393 e. The van der Waals surface area contributed by atoms with Crippen molar-refractivity contribution in [3.05, 3.63) is 72.6 Å². The lowest BCUT2D eigenvalue weighted by molar-refractivity contribution is 0.0238. The van der Waals surface area contributed by atoms with E-state index in [9.17, 15) is 9.90 Å². The number of carbonyl (C=O) groups is 1. The summed E-state index contributed by atoms with van der Waals surface area (Å²) in [5.41, 5.74) is 2.34. The number of hydrogen-bond acceptors (Lipinski definition) is 5. The fraction of sp³-hybridized carbons (Fsp3) is 0.300. The van der Waals surface area contributed by atoms with Crippen molar-refractivity contribution in [2.45, 2.75) is 31.4 Å². The van der Waals surface area contributed by atoms with Crippen molar-refractivity contribution in [2.75, 3.05) is 0 Å². The number of nitrogens with one attached hydrogen (secondary N) is 1. The summed E-state index contributed by atoms with van der Waals surface area (Å²) in [4.78, 5) is 17.2. The molecule has 138 valence electrons. The van der Waals surface area contributed by atoms with Crippen LogP contribution in [0.15, 0.2) is 61.3 Å². The number of aliphatic hydroxyl groups excluding tert-OH is 1. The van der Waals surface area contributed by atoms with Gasteiger partial charge in [-0.25, -0.2) is 0 Å². The molecule has 2 heterocycles. The molecule has 27 heavy (non-hydrogen) atoms. The van der Waals surface area contributed by atoms with Crippen LogP contribution in [-0.4, -0.2) is 42.9 Å². The van der Waals surface area contributed by atoms with Crippen molar-refractivity contribution in [3.8, 4) is 5.69 Å². The predicted octanol–water partition coefficient (Wildman–Crippen LogP) is 1.77. The molecule has 0 spiro atoms. The van der Waals surface area contributed by atoms with Crippen molar-refractivity contribution < 1.29 is 9.90 Å². The molecule has 2 aromatic heterocycles. The summed E-state index contributed by atoms with van der Waals surface area (Å²) in [5.74, 6) is 0.124. The SMILES string of the molecule is O=C(NC(Cc1ccccn1)C1CC(O)C1)c1cccc(-n2cnnc2)c1. The number of aliphatic hydroxyl groups is 1. The molecule has 4 rings (SSSR count). The molecule has 0 radical (unpaired) electrons. The van der Waals surface area contributed by atoms with E-state index in [1.165, 1.54) is 0 Å². The van der Waals surface area contributed by atoms with Crippen molar-refractivity contribution in [2.24, 2.45) is 5.92 Å². The summed E-state index contributed by atoms with van der Waals surface area (Å²) >= 11 is 0. The highest BCUT2D eigenvalue weighted by atomic mass is 16.3. The lowest BCUT2D eigenvalue weighted by Gasteiger charge is -2.38. The number of carbonyl (C=O) groups excluding carboxylic acids is 1. The average Bonchev–Trinajstić information content (AvgIpc) is 3.21. The van der Waals surface area contributed by atoms with Gasteiger partial charge in [0.15, 0.2) is 0 Å². The Balaban J connectivity index is 1.50. The van der Waals surface area contributed by atoms with Crippen molar-refractivity contribution in [1.82, 2.24) is 25.1 Å². The van der Waals surface area contributed by atoms with E-state index in [1.54, 1.807) is 29.5 Å². The molecule has 1 aliphatic carbocycles. The third-order valence-electron chi connectivity index (χ3n) is 5.02. The highest BCUT2D eigenvalue weighted by Crippen LogP contribution is 2.31. The van der Waals surface area contributed by atoms with E-state index in [0.717, 1.165) is 11.4 Å². The topological polar surface area (TPSA) is 92.9 Å². The van der Waals surface area contributed by atoms with E-state index in [0.29, 0.717) is 24.8 Å². The zero-order valence-corrected chi connectivity index (χ0v) is 14.8. The lowest BCUT2D eigenvalue weighted by atomic mass is 9.76. The van der Waals surface area contributed by atoms with E-state index < -0.39 is 0 Å². The molecule has 0 aliphatic heterocycles. The molecule has 0 saturated heterocycles. The normalized spacial score (nSPS) is 19.9. The quantitative estimate of drug-likeness (QED) is 0.696. The first kappa shape index (κ1) is 17.4. The first-order valence-electron chi connectivity index (χ1n) is 9.03. The third kappa shape index (κ3) is 4.03. The number of pyridine rings is 1. The van der Waals surface area contributed by atoms with Gasteiger partial charge in [-0.2, -0.15) is 0 Å². The van der Waals surface area contributed by atoms with Gasteiger partial charge in [0.2, 0.25) is 0 Å². The Morgan fingerprint density at radius 2 is 2.00 bits per heavy atom. The van der Waals surface area contributed by atoms with Gasteiger partial charge in [0.25, 0.3) is 5.91 Å². The summed E-state index contributed by atoms with van der Waals surface area (Å²) in [7, 11) is 0. The van der Waals surface area contributed by atoms with Gasteiger partial charge in [-0.1, -0.05) is 12.1 Å². The molecular weight excluding hydrogens is 342 g/mol. The molecule has 1 atom stereocenters. The van der Waals surface area contributed by atoms with Crippen molar-refractivity contribution >= 4 is 5.91 Å². The molecule has 1 aliphatic rings. The Kier molecular flexibility index (Phi) is 4.93. The first-order valence-corrected chi connectivity index (χ1v) is 9.03. The summed E-state index contributed by atoms with van der Waals surface area (Å²) < 4.78 is 1.75. The second-order valence-corrected chi connectivity index (χ2v) is 6.91. The van der Waals surface area contributed by atoms with E-state index in [-0.39, 0.29) is 24.0 Å². The van der Waals surface area contributed by atoms with Crippen LogP contribution in [-0.2, 0) is 6.42 Å². The molecule has 3 aromatic rings. The summed E-state index contributed by atoms with van der Waals surface area (Å²) in [5, 5.41) is 20.4. The number of benzene rings is 1. The lowest BCUT2D eigenvalue weighted by Crippen LogP contribution is -2.48. The van der Waals surface area contributed by atoms with Gasteiger partial charge in [-0.3, -0.25) is 14.3 Å². The number of rotatable bonds is 6. The molecule has 1 fully saturated rings. The van der Waals surface area contributed by atoms with Crippen LogP contribution in [0.25, 0.3) is 5.69 Å². The Morgan fingerprint density at radius 3 is 2.70 bits per heavy atom. The molecule has 1 aromatic carbocycles. The van der Waals surface area contributed by atoms with Crippen molar-refractivity contribution in [3.63, 3.8) is 0 Å². The van der Waals surface area contributed by atoms with Crippen LogP contribution in [0.4, 0.5) is 0 Å². The second kappa shape index (κ2) is 7.67. The molecule has 1 saturated carbocycles. The van der Waals surface area contributed by atoms with Gasteiger partial charge in [0.1, 0.15) is 12.7 Å². The van der Waals surface area contributed by atoms with Crippen LogP contribution in [0.3, 0.4) is 0 Å². The average molecular weight is 363 g/mol. The molecule has 2 N–H and O–H groups in total. The smallest absolute Gasteiger partial charge is 0.251 e. The Morgan fingerprint density at radius 1 is 1.19 bits per heavy atom. The summed E-state index contributed by atoms with van der Waals surface area (Å²) in [6, 6.07) is 13.1. The highest BCUT2D eigenvalue weighted by Gasteiger charge is 2.35. The minimum absolute atomic E-state index is 0.0608. The zero-order valence-electron chi connectivity index (χ0n) is 14.8. The molecular formula is C20H21N5O2. The van der Waals surface area contributed by atoms with E-state index in [1.807, 2.05) is 36.4 Å². The molecule has 0 bridgehead atoms. The molecule has 7 nitrogen and oxygen atoms in total. The third-order valence-corrected chi connectivity index (χ3v) is 5.02. The van der Waals surface area contributed by atoms with Gasteiger partial charge >= 0.3 is 0 Å². The van der Waals surface area contributed by atoms with Gasteiger partial charge in [-0.05, 0) is 49.1 Å². The van der Waals surface area contributed by atoms with Crippen LogP contribution in [0, 0.1) is 5.92 Å². The fourth-order valence-corrected chi connectivity index (χ4v) is 3.43.